The van der Waals surface area contributed by atoms with Crippen LogP contribution in [0.3, 0.4) is 0 Å². The van der Waals surface area contributed by atoms with Gasteiger partial charge in [-0.2, -0.15) is 0 Å². The third-order valence-corrected chi connectivity index (χ3v) is 2.72. The molecule has 2 N–H and O–H groups in total. The summed E-state index contributed by atoms with van der Waals surface area (Å²) >= 11 is 0. The van der Waals surface area contributed by atoms with Crippen LogP contribution in [0.2, 0.25) is 0 Å². The second-order valence-electron chi connectivity index (χ2n) is 5.53. The van der Waals surface area contributed by atoms with E-state index >= 15 is 0 Å². The van der Waals surface area contributed by atoms with Gasteiger partial charge in [0, 0.05) is 5.69 Å². The molecule has 2 rings (SSSR count). The van der Waals surface area contributed by atoms with Gasteiger partial charge in [-0.1, -0.05) is 68.8 Å². The average Bonchev–Trinajstić information content (AvgIpc) is 2.30. The highest BCUT2D eigenvalue weighted by Crippen LogP contribution is 2.22. The Morgan fingerprint density at radius 2 is 1.28 bits per heavy atom. The van der Waals surface area contributed by atoms with Gasteiger partial charge >= 0.3 is 0 Å². The van der Waals surface area contributed by atoms with Gasteiger partial charge in [0.2, 0.25) is 0 Å². The van der Waals surface area contributed by atoms with Crippen molar-refractivity contribution in [2.24, 2.45) is 0 Å². The molecule has 0 aromatic heterocycles. The number of nitrogen functional groups attached to an aromatic ring is 1. The third kappa shape index (κ3) is 5.05. The Labute approximate surface area is 111 Å². The molecule has 1 heteroatoms. The molecule has 2 aromatic carbocycles. The van der Waals surface area contributed by atoms with Crippen molar-refractivity contribution in [1.82, 2.24) is 0 Å². The number of nitrogens with two attached hydrogens (primary N) is 1. The molecular formula is C17H23N. The second kappa shape index (κ2) is 6.25. The van der Waals surface area contributed by atoms with Gasteiger partial charge in [-0.25, -0.2) is 0 Å². The predicted octanol–water partition coefficient (Wildman–Crippen LogP) is 4.56. The molecule has 0 heterocycles. The largest absolute Gasteiger partial charge is 0.399 e. The van der Waals surface area contributed by atoms with Gasteiger partial charge < -0.3 is 5.73 Å². The van der Waals surface area contributed by atoms with Crippen LogP contribution in [0.4, 0.5) is 5.69 Å². The minimum Gasteiger partial charge on any atom is -0.399 e. The van der Waals surface area contributed by atoms with Crippen molar-refractivity contribution in [2.75, 3.05) is 5.73 Å². The molecule has 18 heavy (non-hydrogen) atoms. The van der Waals surface area contributed by atoms with Gasteiger partial charge in [0.1, 0.15) is 0 Å². The molecule has 0 unspecified atom stereocenters. The van der Waals surface area contributed by atoms with E-state index in [9.17, 15) is 0 Å². The van der Waals surface area contributed by atoms with E-state index < -0.39 is 0 Å². The summed E-state index contributed by atoms with van der Waals surface area (Å²) < 4.78 is 0. The first-order valence-electron chi connectivity index (χ1n) is 6.27. The lowest BCUT2D eigenvalue weighted by atomic mass is 9.87. The third-order valence-electron chi connectivity index (χ3n) is 2.72. The standard InChI is InChI=1S/C10H15N.C7H8/c1-10(2,3)8-4-6-9(11)7-5-8;1-7-5-3-2-4-6-7/h4-7H,11H2,1-3H3;2-6H,1H3. The van der Waals surface area contributed by atoms with E-state index in [4.69, 9.17) is 5.73 Å². The zero-order valence-corrected chi connectivity index (χ0v) is 11.8. The highest BCUT2D eigenvalue weighted by Gasteiger charge is 2.11. The van der Waals surface area contributed by atoms with E-state index in [1.165, 1.54) is 11.1 Å². The van der Waals surface area contributed by atoms with Crippen LogP contribution >= 0.6 is 0 Å². The molecule has 0 radical (unpaired) electrons. The molecule has 0 aliphatic carbocycles. The number of rotatable bonds is 0. The first-order chi connectivity index (χ1) is 8.39. The van der Waals surface area contributed by atoms with E-state index in [1.54, 1.807) is 0 Å². The van der Waals surface area contributed by atoms with Gasteiger partial charge in [0.05, 0.1) is 0 Å². The van der Waals surface area contributed by atoms with Gasteiger partial charge in [0.15, 0.2) is 0 Å². The molecule has 96 valence electrons. The molecule has 1 nitrogen and oxygen atoms in total. The zero-order chi connectivity index (χ0) is 13.6. The molecule has 0 saturated heterocycles. The van der Waals surface area contributed by atoms with Crippen LogP contribution < -0.4 is 5.73 Å². The van der Waals surface area contributed by atoms with Gasteiger partial charge in [-0.05, 0) is 30.0 Å². The quantitative estimate of drug-likeness (QED) is 0.672. The fraction of sp³-hybridized carbons (Fsp3) is 0.294. The fourth-order valence-electron chi connectivity index (χ4n) is 1.52. The van der Waals surface area contributed by atoms with Crippen LogP contribution in [0.5, 0.6) is 0 Å². The van der Waals surface area contributed by atoms with Crippen LogP contribution in [-0.2, 0) is 5.41 Å². The van der Waals surface area contributed by atoms with Gasteiger partial charge in [-0.3, -0.25) is 0 Å². The summed E-state index contributed by atoms with van der Waals surface area (Å²) in [6, 6.07) is 18.3. The molecule has 0 saturated carbocycles. The molecule has 0 aliphatic rings. The lowest BCUT2D eigenvalue weighted by molar-refractivity contribution is 0.590. The number of anilines is 1. The zero-order valence-electron chi connectivity index (χ0n) is 11.8. The van der Waals surface area contributed by atoms with Gasteiger partial charge in [-0.15, -0.1) is 0 Å². The summed E-state index contributed by atoms with van der Waals surface area (Å²) in [5, 5.41) is 0. The van der Waals surface area contributed by atoms with Crippen LogP contribution in [0, 0.1) is 6.92 Å². The van der Waals surface area contributed by atoms with Crippen LogP contribution in [-0.4, -0.2) is 0 Å². The Kier molecular flexibility index (Phi) is 4.96. The predicted molar refractivity (Wildman–Crippen MR) is 80.7 cm³/mol. The Morgan fingerprint density at radius 1 is 0.778 bits per heavy atom. The van der Waals surface area contributed by atoms with E-state index in [1.807, 2.05) is 30.3 Å². The van der Waals surface area contributed by atoms with Crippen molar-refractivity contribution >= 4 is 5.69 Å². The molecule has 0 atom stereocenters. The van der Waals surface area contributed by atoms with E-state index in [2.05, 4.69) is 52.0 Å². The molecule has 0 fully saturated rings. The summed E-state index contributed by atoms with van der Waals surface area (Å²) in [7, 11) is 0. The molecule has 0 spiro atoms. The summed E-state index contributed by atoms with van der Waals surface area (Å²) in [6.07, 6.45) is 0. The first-order valence-corrected chi connectivity index (χ1v) is 6.27. The number of hydrogen-bond acceptors (Lipinski definition) is 1. The lowest BCUT2D eigenvalue weighted by Crippen LogP contribution is -2.10. The van der Waals surface area contributed by atoms with Crippen molar-refractivity contribution in [2.45, 2.75) is 33.1 Å². The monoisotopic (exact) mass is 241 g/mol. The summed E-state index contributed by atoms with van der Waals surface area (Å²) in [6.45, 7) is 8.66. The Balaban J connectivity index is 0.000000199. The highest BCUT2D eigenvalue weighted by atomic mass is 14.5. The molecule has 0 aliphatic heterocycles. The van der Waals surface area contributed by atoms with E-state index in [-0.39, 0.29) is 5.41 Å². The first kappa shape index (κ1) is 14.3. The number of hydrogen-bond donors (Lipinski definition) is 1. The summed E-state index contributed by atoms with van der Waals surface area (Å²) in [4.78, 5) is 0. The maximum atomic E-state index is 5.57. The van der Waals surface area contributed by atoms with Gasteiger partial charge in [0.25, 0.3) is 0 Å². The van der Waals surface area contributed by atoms with Crippen molar-refractivity contribution in [1.29, 1.82) is 0 Å². The van der Waals surface area contributed by atoms with E-state index in [0.29, 0.717) is 0 Å². The molecule has 0 amide bonds. The number of benzene rings is 2. The highest BCUT2D eigenvalue weighted by molar-refractivity contribution is 5.40. The molecule has 2 aromatic rings. The lowest BCUT2D eigenvalue weighted by Gasteiger charge is -2.18. The second-order valence-corrected chi connectivity index (χ2v) is 5.53. The van der Waals surface area contributed by atoms with Crippen molar-refractivity contribution in [3.05, 3.63) is 65.7 Å². The van der Waals surface area contributed by atoms with Crippen molar-refractivity contribution < 1.29 is 0 Å². The van der Waals surface area contributed by atoms with Crippen LogP contribution in [0.1, 0.15) is 31.9 Å². The Bertz CT molecular complexity index is 449. The normalized spacial score (nSPS) is 10.4. The minimum atomic E-state index is 0.230. The topological polar surface area (TPSA) is 26.0 Å². The summed E-state index contributed by atoms with van der Waals surface area (Å²) in [5.41, 5.74) is 9.28. The van der Waals surface area contributed by atoms with Crippen LogP contribution in [0.25, 0.3) is 0 Å². The number of aryl methyl sites for hydroxylation is 1. The fourth-order valence-corrected chi connectivity index (χ4v) is 1.52. The Morgan fingerprint density at radius 3 is 1.61 bits per heavy atom. The molecular weight excluding hydrogens is 218 g/mol. The SMILES string of the molecule is CC(C)(C)c1ccc(N)cc1.Cc1ccccc1. The Hall–Kier alpha value is -1.76. The van der Waals surface area contributed by atoms with Crippen molar-refractivity contribution in [3.8, 4) is 0 Å². The smallest absolute Gasteiger partial charge is 0.0314 e. The van der Waals surface area contributed by atoms with E-state index in [0.717, 1.165) is 5.69 Å². The maximum Gasteiger partial charge on any atom is 0.0314 e. The summed E-state index contributed by atoms with van der Waals surface area (Å²) in [5.74, 6) is 0. The van der Waals surface area contributed by atoms with Crippen LogP contribution in [0.15, 0.2) is 54.6 Å². The minimum absolute atomic E-state index is 0.230. The average molecular weight is 241 g/mol. The van der Waals surface area contributed by atoms with Crippen molar-refractivity contribution in [3.63, 3.8) is 0 Å². The molecule has 0 bridgehead atoms. The maximum absolute atomic E-state index is 5.57.